The van der Waals surface area contributed by atoms with E-state index in [1.807, 2.05) is 18.5 Å². The number of aryl methyl sites for hydroxylation is 2. The molecular formula is C11H15N5O2S. The Balaban J connectivity index is 2.04. The van der Waals surface area contributed by atoms with Crippen molar-refractivity contribution < 1.29 is 9.53 Å². The standard InChI is InChI=1S/C11H15N5O2S/c1-4-18-10(17)9-7(2)19-11(14-9)12-5-8-15-13-6-16(8)3/h6H,4-5H2,1-3H3,(H,12,14). The topological polar surface area (TPSA) is 81.9 Å². The Kier molecular flexibility index (Phi) is 4.10. The van der Waals surface area contributed by atoms with Crippen LogP contribution in [0.5, 0.6) is 0 Å². The van der Waals surface area contributed by atoms with Gasteiger partial charge >= 0.3 is 5.97 Å². The summed E-state index contributed by atoms with van der Waals surface area (Å²) in [6.07, 6.45) is 1.63. The molecule has 2 aromatic heterocycles. The molecule has 19 heavy (non-hydrogen) atoms. The summed E-state index contributed by atoms with van der Waals surface area (Å²) in [5, 5.41) is 11.5. The number of esters is 1. The van der Waals surface area contributed by atoms with Crippen molar-refractivity contribution in [2.75, 3.05) is 11.9 Å². The second-order valence-corrected chi connectivity index (χ2v) is 5.06. The van der Waals surface area contributed by atoms with Gasteiger partial charge in [0.15, 0.2) is 16.6 Å². The first kappa shape index (κ1) is 13.5. The second kappa shape index (κ2) is 5.79. The van der Waals surface area contributed by atoms with E-state index in [-0.39, 0.29) is 5.97 Å². The third kappa shape index (κ3) is 3.08. The van der Waals surface area contributed by atoms with Gasteiger partial charge in [0.25, 0.3) is 0 Å². The molecule has 0 aliphatic carbocycles. The molecule has 1 N–H and O–H groups in total. The van der Waals surface area contributed by atoms with Gasteiger partial charge < -0.3 is 14.6 Å². The third-order valence-electron chi connectivity index (χ3n) is 2.47. The number of aromatic nitrogens is 4. The quantitative estimate of drug-likeness (QED) is 0.834. The maximum Gasteiger partial charge on any atom is 0.358 e. The first-order chi connectivity index (χ1) is 9.11. The average molecular weight is 281 g/mol. The monoisotopic (exact) mass is 281 g/mol. The lowest BCUT2D eigenvalue weighted by Gasteiger charge is -2.01. The van der Waals surface area contributed by atoms with Gasteiger partial charge in [-0.05, 0) is 13.8 Å². The van der Waals surface area contributed by atoms with Gasteiger partial charge in [-0.15, -0.1) is 21.5 Å². The van der Waals surface area contributed by atoms with E-state index in [4.69, 9.17) is 4.74 Å². The highest BCUT2D eigenvalue weighted by atomic mass is 32.1. The summed E-state index contributed by atoms with van der Waals surface area (Å²) in [5.41, 5.74) is 0.368. The minimum Gasteiger partial charge on any atom is -0.461 e. The number of hydrogen-bond acceptors (Lipinski definition) is 7. The van der Waals surface area contributed by atoms with Crippen LogP contribution in [0.15, 0.2) is 6.33 Å². The zero-order valence-corrected chi connectivity index (χ0v) is 11.8. The van der Waals surface area contributed by atoms with Gasteiger partial charge in [0.2, 0.25) is 0 Å². The number of carbonyl (C=O) groups excluding carboxylic acids is 1. The van der Waals surface area contributed by atoms with E-state index in [0.717, 1.165) is 10.7 Å². The Bertz CT molecular complexity index is 577. The first-order valence-corrected chi connectivity index (χ1v) is 6.64. The van der Waals surface area contributed by atoms with E-state index in [2.05, 4.69) is 20.5 Å². The largest absolute Gasteiger partial charge is 0.461 e. The fourth-order valence-corrected chi connectivity index (χ4v) is 2.28. The van der Waals surface area contributed by atoms with E-state index in [1.165, 1.54) is 11.3 Å². The fraction of sp³-hybridized carbons (Fsp3) is 0.455. The SMILES string of the molecule is CCOC(=O)c1nc(NCc2nncn2C)sc1C. The molecule has 0 unspecified atom stereocenters. The van der Waals surface area contributed by atoms with Gasteiger partial charge in [0.05, 0.1) is 13.2 Å². The molecule has 0 amide bonds. The van der Waals surface area contributed by atoms with Crippen molar-refractivity contribution >= 4 is 22.4 Å². The van der Waals surface area contributed by atoms with Crippen LogP contribution >= 0.6 is 11.3 Å². The molecule has 0 bridgehead atoms. The molecule has 2 aromatic rings. The van der Waals surface area contributed by atoms with E-state index in [9.17, 15) is 4.79 Å². The first-order valence-electron chi connectivity index (χ1n) is 5.83. The Morgan fingerprint density at radius 1 is 1.58 bits per heavy atom. The molecule has 0 aromatic carbocycles. The number of rotatable bonds is 5. The van der Waals surface area contributed by atoms with Crippen LogP contribution in [0, 0.1) is 6.92 Å². The molecule has 7 nitrogen and oxygen atoms in total. The molecule has 8 heteroatoms. The van der Waals surface area contributed by atoms with Crippen LogP contribution in [0.4, 0.5) is 5.13 Å². The minimum atomic E-state index is -0.386. The smallest absolute Gasteiger partial charge is 0.358 e. The second-order valence-electron chi connectivity index (χ2n) is 3.86. The van der Waals surface area contributed by atoms with Gasteiger partial charge in [-0.1, -0.05) is 0 Å². The lowest BCUT2D eigenvalue weighted by molar-refractivity contribution is 0.0519. The lowest BCUT2D eigenvalue weighted by Crippen LogP contribution is -2.08. The van der Waals surface area contributed by atoms with Crippen LogP contribution in [0.1, 0.15) is 28.1 Å². The Morgan fingerprint density at radius 3 is 3.00 bits per heavy atom. The molecule has 0 saturated carbocycles. The van der Waals surface area contributed by atoms with Crippen molar-refractivity contribution in [1.82, 2.24) is 19.7 Å². The molecule has 2 heterocycles. The normalized spacial score (nSPS) is 10.5. The molecule has 0 spiro atoms. The summed E-state index contributed by atoms with van der Waals surface area (Å²) in [5.74, 6) is 0.411. The summed E-state index contributed by atoms with van der Waals surface area (Å²) < 4.78 is 6.76. The number of thiazole rings is 1. The highest BCUT2D eigenvalue weighted by Crippen LogP contribution is 2.23. The maximum atomic E-state index is 11.6. The summed E-state index contributed by atoms with van der Waals surface area (Å²) in [7, 11) is 1.87. The van der Waals surface area contributed by atoms with Gasteiger partial charge in [0.1, 0.15) is 6.33 Å². The molecule has 102 valence electrons. The average Bonchev–Trinajstić information content (AvgIpc) is 2.93. The van der Waals surface area contributed by atoms with Crippen LogP contribution in [0.25, 0.3) is 0 Å². The number of ether oxygens (including phenoxy) is 1. The number of anilines is 1. The molecule has 0 atom stereocenters. The Morgan fingerprint density at radius 2 is 2.37 bits per heavy atom. The van der Waals surface area contributed by atoms with E-state index < -0.39 is 0 Å². The Labute approximate surface area is 114 Å². The van der Waals surface area contributed by atoms with Crippen LogP contribution in [0.2, 0.25) is 0 Å². The van der Waals surface area contributed by atoms with Crippen LogP contribution < -0.4 is 5.32 Å². The number of hydrogen-bond donors (Lipinski definition) is 1. The predicted molar refractivity (Wildman–Crippen MR) is 71.1 cm³/mol. The van der Waals surface area contributed by atoms with E-state index in [0.29, 0.717) is 24.0 Å². The Hall–Kier alpha value is -1.96. The maximum absolute atomic E-state index is 11.6. The van der Waals surface area contributed by atoms with Crippen LogP contribution in [0.3, 0.4) is 0 Å². The van der Waals surface area contributed by atoms with E-state index in [1.54, 1.807) is 13.3 Å². The zero-order valence-electron chi connectivity index (χ0n) is 11.0. The van der Waals surface area contributed by atoms with Crippen molar-refractivity contribution in [2.45, 2.75) is 20.4 Å². The van der Waals surface area contributed by atoms with Crippen molar-refractivity contribution in [3.63, 3.8) is 0 Å². The molecule has 0 aliphatic heterocycles. The fourth-order valence-electron chi connectivity index (χ4n) is 1.48. The third-order valence-corrected chi connectivity index (χ3v) is 3.40. The van der Waals surface area contributed by atoms with Crippen molar-refractivity contribution in [3.8, 4) is 0 Å². The summed E-state index contributed by atoms with van der Waals surface area (Å²) in [6, 6.07) is 0. The van der Waals surface area contributed by atoms with Crippen molar-refractivity contribution in [2.24, 2.45) is 7.05 Å². The minimum absolute atomic E-state index is 0.345. The van der Waals surface area contributed by atoms with Gasteiger partial charge in [-0.3, -0.25) is 0 Å². The highest BCUT2D eigenvalue weighted by molar-refractivity contribution is 7.15. The van der Waals surface area contributed by atoms with Gasteiger partial charge in [-0.25, -0.2) is 9.78 Å². The van der Waals surface area contributed by atoms with Crippen molar-refractivity contribution in [3.05, 3.63) is 22.7 Å². The lowest BCUT2D eigenvalue weighted by atomic mass is 10.4. The molecule has 0 fully saturated rings. The molecule has 0 saturated heterocycles. The van der Waals surface area contributed by atoms with Crippen molar-refractivity contribution in [1.29, 1.82) is 0 Å². The van der Waals surface area contributed by atoms with Gasteiger partial charge in [0, 0.05) is 11.9 Å². The number of nitrogens with zero attached hydrogens (tertiary/aromatic N) is 4. The zero-order chi connectivity index (χ0) is 13.8. The molecule has 0 aliphatic rings. The summed E-state index contributed by atoms with van der Waals surface area (Å²) in [6.45, 7) is 4.47. The number of carbonyl (C=O) groups is 1. The van der Waals surface area contributed by atoms with Crippen LogP contribution in [-0.4, -0.2) is 32.3 Å². The molecule has 0 radical (unpaired) electrons. The number of nitrogens with one attached hydrogen (secondary N) is 1. The predicted octanol–water partition coefficient (Wildman–Crippen LogP) is 1.37. The summed E-state index contributed by atoms with van der Waals surface area (Å²) in [4.78, 5) is 16.7. The van der Waals surface area contributed by atoms with Gasteiger partial charge in [-0.2, -0.15) is 0 Å². The van der Waals surface area contributed by atoms with E-state index >= 15 is 0 Å². The molecule has 2 rings (SSSR count). The van der Waals surface area contributed by atoms with Crippen LogP contribution in [-0.2, 0) is 18.3 Å². The molecular weight excluding hydrogens is 266 g/mol. The highest BCUT2D eigenvalue weighted by Gasteiger charge is 2.16. The summed E-state index contributed by atoms with van der Waals surface area (Å²) >= 11 is 1.42.